The topological polar surface area (TPSA) is 65.6 Å². The summed E-state index contributed by atoms with van der Waals surface area (Å²) < 4.78 is 36.4. The van der Waals surface area contributed by atoms with E-state index in [0.717, 1.165) is 22.6 Å². The number of fused-ring (bicyclic) bond motifs is 1. The van der Waals surface area contributed by atoms with Crippen LogP contribution in [0, 0.1) is 25.5 Å². The molecule has 38 heavy (non-hydrogen) atoms. The van der Waals surface area contributed by atoms with Gasteiger partial charge in [-0.3, -0.25) is 9.36 Å². The molecule has 9 heteroatoms. The van der Waals surface area contributed by atoms with Crippen molar-refractivity contribution in [3.63, 3.8) is 0 Å². The third kappa shape index (κ3) is 4.43. The van der Waals surface area contributed by atoms with Gasteiger partial charge in [-0.1, -0.05) is 23.5 Å². The van der Waals surface area contributed by atoms with Gasteiger partial charge in [-0.2, -0.15) is 0 Å². The summed E-state index contributed by atoms with van der Waals surface area (Å²) in [5, 5.41) is 0. The third-order valence-corrected chi connectivity index (χ3v) is 7.53. The predicted molar refractivity (Wildman–Crippen MR) is 142 cm³/mol. The number of esters is 1. The van der Waals surface area contributed by atoms with Crippen molar-refractivity contribution in [1.82, 2.24) is 9.13 Å². The van der Waals surface area contributed by atoms with Gasteiger partial charge in [0.25, 0.3) is 5.56 Å². The number of aryl methyl sites for hydroxylation is 1. The molecule has 0 fully saturated rings. The summed E-state index contributed by atoms with van der Waals surface area (Å²) in [6.45, 7) is 7.46. The van der Waals surface area contributed by atoms with Crippen LogP contribution in [0.4, 0.5) is 8.78 Å². The first-order valence-electron chi connectivity index (χ1n) is 12.1. The van der Waals surface area contributed by atoms with Gasteiger partial charge >= 0.3 is 5.97 Å². The van der Waals surface area contributed by atoms with Crippen LogP contribution in [0.3, 0.4) is 0 Å². The molecule has 0 saturated carbocycles. The Morgan fingerprint density at radius 1 is 1.05 bits per heavy atom. The molecule has 5 rings (SSSR count). The minimum Gasteiger partial charge on any atom is -0.463 e. The Kier molecular flexibility index (Phi) is 6.71. The Morgan fingerprint density at radius 3 is 2.32 bits per heavy atom. The monoisotopic (exact) mass is 533 g/mol. The molecule has 1 aliphatic rings. The zero-order valence-electron chi connectivity index (χ0n) is 21.3. The molecule has 0 saturated heterocycles. The van der Waals surface area contributed by atoms with Gasteiger partial charge in [0.15, 0.2) is 4.80 Å². The Balaban J connectivity index is 1.68. The molecule has 0 radical (unpaired) electrons. The molecule has 1 atom stereocenters. The number of allylic oxidation sites excluding steroid dienone is 1. The van der Waals surface area contributed by atoms with Gasteiger partial charge in [0.2, 0.25) is 0 Å². The van der Waals surface area contributed by atoms with Gasteiger partial charge in [0, 0.05) is 17.1 Å². The first kappa shape index (κ1) is 25.5. The number of carbonyl (C=O) groups is 1. The highest BCUT2D eigenvalue weighted by Gasteiger charge is 2.33. The third-order valence-electron chi connectivity index (χ3n) is 6.54. The van der Waals surface area contributed by atoms with Crippen LogP contribution in [-0.2, 0) is 9.53 Å². The molecule has 2 aromatic heterocycles. The number of benzene rings is 2. The summed E-state index contributed by atoms with van der Waals surface area (Å²) in [6.07, 6.45) is 1.80. The number of halogens is 2. The average molecular weight is 534 g/mol. The van der Waals surface area contributed by atoms with Crippen molar-refractivity contribution >= 4 is 23.4 Å². The molecule has 2 aromatic carbocycles. The number of aromatic nitrogens is 2. The Morgan fingerprint density at radius 2 is 1.68 bits per heavy atom. The molecule has 0 spiro atoms. The molecule has 0 aliphatic carbocycles. The van der Waals surface area contributed by atoms with E-state index < -0.39 is 17.8 Å². The number of hydrogen-bond donors (Lipinski definition) is 0. The zero-order chi connectivity index (χ0) is 27.1. The van der Waals surface area contributed by atoms with E-state index in [1.165, 1.54) is 40.2 Å². The van der Waals surface area contributed by atoms with Crippen LogP contribution in [0.2, 0.25) is 0 Å². The molecule has 1 aliphatic heterocycles. The van der Waals surface area contributed by atoms with Crippen molar-refractivity contribution in [3.8, 4) is 5.69 Å². The summed E-state index contributed by atoms with van der Waals surface area (Å²) in [7, 11) is 0. The molecule has 0 bridgehead atoms. The molecule has 3 heterocycles. The lowest BCUT2D eigenvalue weighted by molar-refractivity contribution is -0.139. The molecular formula is C29H25F2N3O3S. The van der Waals surface area contributed by atoms with Crippen molar-refractivity contribution in [1.29, 1.82) is 0 Å². The van der Waals surface area contributed by atoms with E-state index >= 15 is 0 Å². The summed E-state index contributed by atoms with van der Waals surface area (Å²) in [5.41, 5.74) is 4.41. The van der Waals surface area contributed by atoms with E-state index in [2.05, 4.69) is 4.99 Å². The molecule has 1 unspecified atom stereocenters. The molecule has 194 valence electrons. The van der Waals surface area contributed by atoms with E-state index in [1.54, 1.807) is 44.2 Å². The number of thiazole rings is 1. The second-order valence-electron chi connectivity index (χ2n) is 8.99. The van der Waals surface area contributed by atoms with Gasteiger partial charge in [-0.15, -0.1) is 0 Å². The van der Waals surface area contributed by atoms with Gasteiger partial charge in [-0.25, -0.2) is 18.6 Å². The summed E-state index contributed by atoms with van der Waals surface area (Å²) in [6, 6.07) is 13.1. The number of carbonyl (C=O) groups excluding carboxylic acids is 1. The standard InChI is InChI=1S/C29H25F2N3O3S/c1-5-37-28(36)25-17(3)32-29-34(26(25)19-6-8-21(30)9-7-19)27(35)24(38-29)15-20-14-16(2)33(18(20)4)23-12-10-22(31)11-13-23/h6-15,26H,5H2,1-4H3. The quantitative estimate of drug-likeness (QED) is 0.355. The Hall–Kier alpha value is -4.11. The van der Waals surface area contributed by atoms with Crippen LogP contribution < -0.4 is 14.9 Å². The minimum absolute atomic E-state index is 0.167. The van der Waals surface area contributed by atoms with Crippen molar-refractivity contribution < 1.29 is 18.3 Å². The lowest BCUT2D eigenvalue weighted by Gasteiger charge is -2.24. The number of ether oxygens (including phenoxy) is 1. The van der Waals surface area contributed by atoms with Crippen LogP contribution in [0.15, 0.2) is 75.7 Å². The van der Waals surface area contributed by atoms with Crippen molar-refractivity contribution in [2.45, 2.75) is 33.7 Å². The van der Waals surface area contributed by atoms with E-state index in [9.17, 15) is 18.4 Å². The molecule has 0 N–H and O–H groups in total. The average Bonchev–Trinajstić information content (AvgIpc) is 3.34. The Bertz CT molecular complexity index is 1760. The fraction of sp³-hybridized carbons (Fsp3) is 0.207. The lowest BCUT2D eigenvalue weighted by atomic mass is 9.96. The number of nitrogens with zero attached hydrogens (tertiary/aromatic N) is 3. The zero-order valence-corrected chi connectivity index (χ0v) is 22.1. The highest BCUT2D eigenvalue weighted by Crippen LogP contribution is 2.31. The summed E-state index contributed by atoms with van der Waals surface area (Å²) in [5.74, 6) is -1.30. The van der Waals surface area contributed by atoms with Gasteiger partial charge < -0.3 is 9.30 Å². The maximum Gasteiger partial charge on any atom is 0.338 e. The van der Waals surface area contributed by atoms with Gasteiger partial charge in [-0.05, 0) is 87.4 Å². The fourth-order valence-corrected chi connectivity index (χ4v) is 5.85. The van der Waals surface area contributed by atoms with Crippen molar-refractivity contribution in [2.24, 2.45) is 4.99 Å². The first-order valence-corrected chi connectivity index (χ1v) is 12.9. The highest BCUT2D eigenvalue weighted by molar-refractivity contribution is 7.07. The molecule has 0 amide bonds. The van der Waals surface area contributed by atoms with Crippen LogP contribution in [0.25, 0.3) is 11.8 Å². The maximum atomic E-state index is 13.8. The number of rotatable bonds is 5. The van der Waals surface area contributed by atoms with Crippen LogP contribution in [-0.4, -0.2) is 21.7 Å². The van der Waals surface area contributed by atoms with Crippen molar-refractivity contribution in [2.75, 3.05) is 6.61 Å². The molecular weight excluding hydrogens is 508 g/mol. The molecule has 6 nitrogen and oxygen atoms in total. The summed E-state index contributed by atoms with van der Waals surface area (Å²) in [4.78, 5) is 31.8. The van der Waals surface area contributed by atoms with E-state index in [-0.39, 0.29) is 23.6 Å². The second kappa shape index (κ2) is 9.98. The van der Waals surface area contributed by atoms with Crippen LogP contribution in [0.1, 0.15) is 42.4 Å². The Labute approximate surface area is 221 Å². The van der Waals surface area contributed by atoms with E-state index in [4.69, 9.17) is 4.74 Å². The van der Waals surface area contributed by atoms with E-state index in [0.29, 0.717) is 20.6 Å². The smallest absolute Gasteiger partial charge is 0.338 e. The van der Waals surface area contributed by atoms with Crippen LogP contribution in [0.5, 0.6) is 0 Å². The lowest BCUT2D eigenvalue weighted by Crippen LogP contribution is -2.39. The fourth-order valence-electron chi connectivity index (χ4n) is 4.81. The highest BCUT2D eigenvalue weighted by atomic mass is 32.1. The SMILES string of the molecule is CCOC(=O)C1=C(C)N=c2sc(=Cc3cc(C)n(-c4ccc(F)cc4)c3C)c(=O)n2C1c1ccc(F)cc1. The van der Waals surface area contributed by atoms with Crippen LogP contribution >= 0.6 is 11.3 Å². The predicted octanol–water partition coefficient (Wildman–Crippen LogP) is 4.48. The van der Waals surface area contributed by atoms with E-state index in [1.807, 2.05) is 24.5 Å². The number of hydrogen-bond acceptors (Lipinski definition) is 5. The first-order chi connectivity index (χ1) is 18.2. The maximum absolute atomic E-state index is 13.8. The van der Waals surface area contributed by atoms with Gasteiger partial charge in [0.05, 0.1) is 28.5 Å². The van der Waals surface area contributed by atoms with Crippen molar-refractivity contribution in [3.05, 3.63) is 120 Å². The molecule has 4 aromatic rings. The van der Waals surface area contributed by atoms with Gasteiger partial charge in [0.1, 0.15) is 11.6 Å². The second-order valence-corrected chi connectivity index (χ2v) is 10.0. The summed E-state index contributed by atoms with van der Waals surface area (Å²) >= 11 is 1.22. The minimum atomic E-state index is -0.806. The largest absolute Gasteiger partial charge is 0.463 e. The normalized spacial score (nSPS) is 15.4.